The van der Waals surface area contributed by atoms with E-state index in [1.165, 1.54) is 7.11 Å². The zero-order chi connectivity index (χ0) is 26.6. The minimum atomic E-state index is -0.516. The summed E-state index contributed by atoms with van der Waals surface area (Å²) in [5.74, 6) is 0.248. The van der Waals surface area contributed by atoms with Crippen molar-refractivity contribution in [3.63, 3.8) is 0 Å². The molecule has 0 radical (unpaired) electrons. The van der Waals surface area contributed by atoms with Gasteiger partial charge in [0.25, 0.3) is 0 Å². The second-order valence-corrected chi connectivity index (χ2v) is 10.1. The largest absolute Gasteiger partial charge is 0.492 e. The van der Waals surface area contributed by atoms with E-state index in [0.29, 0.717) is 18.0 Å². The molecule has 1 fully saturated rings. The van der Waals surface area contributed by atoms with Crippen LogP contribution >= 0.6 is 0 Å². The number of carbonyl (C=O) groups excluding carboxylic acids is 2. The molecule has 2 N–H and O–H groups in total. The van der Waals surface area contributed by atoms with Gasteiger partial charge in [-0.3, -0.25) is 4.90 Å². The lowest BCUT2D eigenvalue weighted by atomic mass is 9.92. The lowest BCUT2D eigenvalue weighted by molar-refractivity contribution is 0.0323. The minimum Gasteiger partial charge on any atom is -0.492 e. The first-order valence-electron chi connectivity index (χ1n) is 12.5. The molecule has 9 nitrogen and oxygen atoms in total. The smallest absolute Gasteiger partial charge is 0.356 e. The van der Waals surface area contributed by atoms with Crippen molar-refractivity contribution in [1.29, 1.82) is 0 Å². The molecule has 2 amide bonds. The predicted molar refractivity (Wildman–Crippen MR) is 145 cm³/mol. The number of nitrogens with zero attached hydrogens (tertiary/aromatic N) is 2. The molecule has 1 aromatic heterocycles. The Morgan fingerprint density at radius 2 is 1.68 bits per heavy atom. The van der Waals surface area contributed by atoms with Crippen LogP contribution in [0.3, 0.4) is 0 Å². The Morgan fingerprint density at radius 3 is 2.35 bits per heavy atom. The molecule has 37 heavy (non-hydrogen) atoms. The van der Waals surface area contributed by atoms with Gasteiger partial charge >= 0.3 is 12.0 Å². The number of esters is 1. The summed E-state index contributed by atoms with van der Waals surface area (Å²) in [4.78, 5) is 27.9. The van der Waals surface area contributed by atoms with E-state index in [1.54, 1.807) is 11.6 Å². The number of morpholine rings is 1. The lowest BCUT2D eigenvalue weighted by Crippen LogP contribution is -2.38. The van der Waals surface area contributed by atoms with Gasteiger partial charge in [0.15, 0.2) is 5.69 Å². The van der Waals surface area contributed by atoms with Crippen molar-refractivity contribution in [3.05, 3.63) is 53.9 Å². The van der Waals surface area contributed by atoms with Crippen LogP contribution in [-0.4, -0.2) is 68.0 Å². The topological polar surface area (TPSA) is 94.1 Å². The minimum absolute atomic E-state index is 0.234. The average molecular weight is 509 g/mol. The molecule has 1 aliphatic rings. The summed E-state index contributed by atoms with van der Waals surface area (Å²) in [6, 6.07) is 12.9. The highest BCUT2D eigenvalue weighted by Crippen LogP contribution is 2.33. The van der Waals surface area contributed by atoms with Crippen LogP contribution in [0.15, 0.2) is 42.5 Å². The van der Waals surface area contributed by atoms with Crippen molar-refractivity contribution < 1.29 is 23.8 Å². The lowest BCUT2D eigenvalue weighted by Gasteiger charge is -2.26. The first-order valence-corrected chi connectivity index (χ1v) is 12.5. The fraction of sp³-hybridized carbons (Fsp3) is 0.429. The van der Waals surface area contributed by atoms with E-state index in [-0.39, 0.29) is 11.1 Å². The van der Waals surface area contributed by atoms with E-state index < -0.39 is 12.0 Å². The maximum Gasteiger partial charge on any atom is 0.356 e. The fourth-order valence-corrected chi connectivity index (χ4v) is 4.65. The molecule has 198 valence electrons. The molecule has 1 aliphatic heterocycles. The molecular weight excluding hydrogens is 472 g/mol. The number of rotatable bonds is 7. The Morgan fingerprint density at radius 1 is 1.00 bits per heavy atom. The number of carbonyl (C=O) groups is 2. The van der Waals surface area contributed by atoms with Gasteiger partial charge in [-0.25, -0.2) is 9.59 Å². The summed E-state index contributed by atoms with van der Waals surface area (Å²) >= 11 is 0. The molecule has 3 aromatic rings. The third-order valence-corrected chi connectivity index (χ3v) is 6.53. The predicted octanol–water partition coefficient (Wildman–Crippen LogP) is 4.62. The number of aromatic nitrogens is 1. The quantitative estimate of drug-likeness (QED) is 0.453. The molecule has 0 spiro atoms. The highest BCUT2D eigenvalue weighted by Gasteiger charge is 2.27. The van der Waals surface area contributed by atoms with Gasteiger partial charge in [0.1, 0.15) is 12.4 Å². The van der Waals surface area contributed by atoms with E-state index >= 15 is 0 Å². The summed E-state index contributed by atoms with van der Waals surface area (Å²) in [6.07, 6.45) is 0. The van der Waals surface area contributed by atoms with Crippen LogP contribution < -0.4 is 15.4 Å². The monoisotopic (exact) mass is 508 g/mol. The molecule has 0 unspecified atom stereocenters. The van der Waals surface area contributed by atoms with Crippen molar-refractivity contribution in [2.45, 2.75) is 26.2 Å². The van der Waals surface area contributed by atoms with E-state index in [9.17, 15) is 9.59 Å². The van der Waals surface area contributed by atoms with Crippen LogP contribution in [-0.2, 0) is 21.9 Å². The van der Waals surface area contributed by atoms with E-state index in [1.807, 2.05) is 63.2 Å². The molecule has 0 atom stereocenters. The van der Waals surface area contributed by atoms with Gasteiger partial charge in [-0.1, -0.05) is 45.0 Å². The van der Waals surface area contributed by atoms with E-state index in [4.69, 9.17) is 14.2 Å². The maximum atomic E-state index is 13.1. The van der Waals surface area contributed by atoms with Crippen LogP contribution in [0.5, 0.6) is 5.75 Å². The third kappa shape index (κ3) is 6.06. The SMILES string of the molecule is COC(=O)c1c(NC(=O)Nc2ccc(OCCN3CCOCC3)c3ccccc23)cc(C(C)(C)C)n1C. The second-order valence-electron chi connectivity index (χ2n) is 10.1. The summed E-state index contributed by atoms with van der Waals surface area (Å²) < 4.78 is 18.3. The van der Waals surface area contributed by atoms with Crippen LogP contribution in [0.1, 0.15) is 37.0 Å². The summed E-state index contributed by atoms with van der Waals surface area (Å²) in [6.45, 7) is 10.9. The highest BCUT2D eigenvalue weighted by atomic mass is 16.5. The van der Waals surface area contributed by atoms with Crippen LogP contribution in [0, 0.1) is 0 Å². The normalized spacial score (nSPS) is 14.4. The number of amides is 2. The van der Waals surface area contributed by atoms with E-state index in [2.05, 4.69) is 15.5 Å². The van der Waals surface area contributed by atoms with Gasteiger partial charge in [0.2, 0.25) is 0 Å². The van der Waals surface area contributed by atoms with Crippen molar-refractivity contribution in [2.75, 3.05) is 57.2 Å². The third-order valence-electron chi connectivity index (χ3n) is 6.53. The van der Waals surface area contributed by atoms with Crippen LogP contribution in [0.2, 0.25) is 0 Å². The van der Waals surface area contributed by atoms with Gasteiger partial charge in [0, 0.05) is 48.6 Å². The molecule has 2 heterocycles. The highest BCUT2D eigenvalue weighted by molar-refractivity contribution is 6.09. The van der Waals surface area contributed by atoms with Crippen molar-refractivity contribution >= 4 is 34.1 Å². The van der Waals surface area contributed by atoms with Crippen LogP contribution in [0.4, 0.5) is 16.2 Å². The molecule has 2 aromatic carbocycles. The number of methoxy groups -OCH3 is 1. The zero-order valence-corrected chi connectivity index (χ0v) is 22.2. The fourth-order valence-electron chi connectivity index (χ4n) is 4.65. The van der Waals surface area contributed by atoms with Gasteiger partial charge in [0.05, 0.1) is 31.7 Å². The Labute approximate surface area is 217 Å². The first kappa shape index (κ1) is 26.5. The van der Waals surface area contributed by atoms with Gasteiger partial charge in [-0.15, -0.1) is 0 Å². The molecule has 0 saturated carbocycles. The van der Waals surface area contributed by atoms with Crippen LogP contribution in [0.25, 0.3) is 10.8 Å². The molecule has 4 rings (SSSR count). The number of anilines is 2. The van der Waals surface area contributed by atoms with Crippen molar-refractivity contribution in [3.8, 4) is 5.75 Å². The Bertz CT molecular complexity index is 1270. The molecule has 1 saturated heterocycles. The zero-order valence-electron chi connectivity index (χ0n) is 22.2. The summed E-state index contributed by atoms with van der Waals surface area (Å²) in [5.41, 5.74) is 1.98. The molecule has 0 bridgehead atoms. The number of fused-ring (bicyclic) bond motifs is 1. The molecule has 9 heteroatoms. The van der Waals surface area contributed by atoms with Gasteiger partial charge in [-0.05, 0) is 18.2 Å². The molecular formula is C28H36N4O5. The standard InChI is InChI=1S/C28H36N4O5/c1-28(2,3)24-18-22(25(31(24)4)26(33)35-5)30-27(34)29-21-10-11-23(20-9-7-6-8-19(20)21)37-17-14-32-12-15-36-16-13-32/h6-11,18H,12-17H2,1-5H3,(H2,29,30,34). The maximum absolute atomic E-state index is 13.1. The number of hydrogen-bond donors (Lipinski definition) is 2. The number of benzene rings is 2. The summed E-state index contributed by atoms with van der Waals surface area (Å²) in [7, 11) is 3.12. The van der Waals surface area contributed by atoms with Crippen molar-refractivity contribution in [2.24, 2.45) is 7.05 Å². The summed E-state index contributed by atoms with van der Waals surface area (Å²) in [5, 5.41) is 7.54. The Balaban J connectivity index is 1.51. The average Bonchev–Trinajstić information content (AvgIpc) is 3.21. The van der Waals surface area contributed by atoms with Gasteiger partial charge in [-0.2, -0.15) is 0 Å². The van der Waals surface area contributed by atoms with Gasteiger partial charge < -0.3 is 29.4 Å². The van der Waals surface area contributed by atoms with Crippen molar-refractivity contribution in [1.82, 2.24) is 9.47 Å². The second kappa shape index (κ2) is 11.2. The van der Waals surface area contributed by atoms with E-state index in [0.717, 1.165) is 55.1 Å². The number of ether oxygens (including phenoxy) is 3. The number of hydrogen-bond acceptors (Lipinski definition) is 6. The number of urea groups is 1. The Hall–Kier alpha value is -3.56. The number of nitrogens with one attached hydrogen (secondary N) is 2. The molecule has 0 aliphatic carbocycles. The first-order chi connectivity index (χ1) is 17.7. The Kier molecular flexibility index (Phi) is 8.04.